The average Bonchev–Trinajstić information content (AvgIpc) is 2.55. The largest absolute Gasteiger partial charge is 0.311 e. The SMILES string of the molecule is CC(c1cccc(Br)c1)N1CCNC(C2CCCCC2)C1. The van der Waals surface area contributed by atoms with E-state index in [-0.39, 0.29) is 0 Å². The summed E-state index contributed by atoms with van der Waals surface area (Å²) < 4.78 is 1.19. The van der Waals surface area contributed by atoms with Gasteiger partial charge in [-0.25, -0.2) is 0 Å². The van der Waals surface area contributed by atoms with Gasteiger partial charge in [0.05, 0.1) is 0 Å². The van der Waals surface area contributed by atoms with Crippen LogP contribution >= 0.6 is 15.9 Å². The van der Waals surface area contributed by atoms with E-state index in [9.17, 15) is 0 Å². The summed E-state index contributed by atoms with van der Waals surface area (Å²) in [5.41, 5.74) is 1.42. The molecule has 21 heavy (non-hydrogen) atoms. The van der Waals surface area contributed by atoms with Crippen molar-refractivity contribution in [2.75, 3.05) is 19.6 Å². The molecule has 1 aromatic rings. The summed E-state index contributed by atoms with van der Waals surface area (Å²) in [6.45, 7) is 5.86. The van der Waals surface area contributed by atoms with Gasteiger partial charge in [-0.2, -0.15) is 0 Å². The summed E-state index contributed by atoms with van der Waals surface area (Å²) in [6, 6.07) is 10.00. The predicted octanol–water partition coefficient (Wildman–Crippen LogP) is 4.36. The van der Waals surface area contributed by atoms with Crippen molar-refractivity contribution in [2.24, 2.45) is 5.92 Å². The van der Waals surface area contributed by atoms with Gasteiger partial charge < -0.3 is 5.32 Å². The van der Waals surface area contributed by atoms with Crippen LogP contribution in [0.1, 0.15) is 50.6 Å². The lowest BCUT2D eigenvalue weighted by atomic mass is 9.83. The summed E-state index contributed by atoms with van der Waals surface area (Å²) in [7, 11) is 0. The highest BCUT2D eigenvalue weighted by atomic mass is 79.9. The zero-order chi connectivity index (χ0) is 14.7. The Bertz CT molecular complexity index is 456. The van der Waals surface area contributed by atoms with E-state index in [1.807, 2.05) is 0 Å². The number of nitrogens with zero attached hydrogens (tertiary/aromatic N) is 1. The van der Waals surface area contributed by atoms with Crippen LogP contribution in [-0.2, 0) is 0 Å². The molecule has 1 saturated heterocycles. The monoisotopic (exact) mass is 350 g/mol. The first-order valence-electron chi connectivity index (χ1n) is 8.47. The lowest BCUT2D eigenvalue weighted by Gasteiger charge is -2.42. The Morgan fingerprint density at radius 1 is 1.24 bits per heavy atom. The Balaban J connectivity index is 1.64. The minimum Gasteiger partial charge on any atom is -0.311 e. The maximum absolute atomic E-state index is 3.79. The van der Waals surface area contributed by atoms with Gasteiger partial charge in [-0.05, 0) is 43.4 Å². The van der Waals surface area contributed by atoms with Crippen LogP contribution in [0.25, 0.3) is 0 Å². The molecule has 3 heteroatoms. The van der Waals surface area contributed by atoms with Crippen LogP contribution in [0, 0.1) is 5.92 Å². The molecule has 2 aliphatic rings. The summed E-state index contributed by atoms with van der Waals surface area (Å²) in [4.78, 5) is 2.66. The summed E-state index contributed by atoms with van der Waals surface area (Å²) in [5.74, 6) is 0.899. The van der Waals surface area contributed by atoms with Crippen molar-refractivity contribution in [1.82, 2.24) is 10.2 Å². The fourth-order valence-electron chi connectivity index (χ4n) is 3.98. The normalized spacial score (nSPS) is 26.7. The second-order valence-electron chi connectivity index (χ2n) is 6.68. The summed E-state index contributed by atoms with van der Waals surface area (Å²) >= 11 is 3.60. The molecular formula is C18H27BrN2. The molecule has 1 heterocycles. The lowest BCUT2D eigenvalue weighted by molar-refractivity contribution is 0.115. The molecule has 2 nitrogen and oxygen atoms in total. The average molecular weight is 351 g/mol. The first-order chi connectivity index (χ1) is 10.2. The van der Waals surface area contributed by atoms with E-state index < -0.39 is 0 Å². The molecule has 0 spiro atoms. The van der Waals surface area contributed by atoms with Crippen LogP contribution in [0.3, 0.4) is 0 Å². The standard InChI is InChI=1S/C18H27BrN2/c1-14(16-8-5-9-17(19)12-16)21-11-10-20-18(13-21)15-6-3-2-4-7-15/h5,8-9,12,14-15,18,20H,2-4,6-7,10-11,13H2,1H3. The third-order valence-electron chi connectivity index (χ3n) is 5.33. The van der Waals surface area contributed by atoms with E-state index in [4.69, 9.17) is 0 Å². The van der Waals surface area contributed by atoms with Crippen molar-refractivity contribution in [3.8, 4) is 0 Å². The molecule has 3 rings (SSSR count). The number of hydrogen-bond donors (Lipinski definition) is 1. The van der Waals surface area contributed by atoms with E-state index in [1.165, 1.54) is 48.7 Å². The van der Waals surface area contributed by atoms with Crippen molar-refractivity contribution in [1.29, 1.82) is 0 Å². The third-order valence-corrected chi connectivity index (χ3v) is 5.83. The molecule has 0 amide bonds. The number of nitrogens with one attached hydrogen (secondary N) is 1. The van der Waals surface area contributed by atoms with Crippen LogP contribution < -0.4 is 5.32 Å². The topological polar surface area (TPSA) is 15.3 Å². The highest BCUT2D eigenvalue weighted by Gasteiger charge is 2.30. The van der Waals surface area contributed by atoms with Gasteiger partial charge in [0.2, 0.25) is 0 Å². The maximum atomic E-state index is 3.79. The molecular weight excluding hydrogens is 324 g/mol. The number of piperazine rings is 1. The smallest absolute Gasteiger partial charge is 0.0321 e. The summed E-state index contributed by atoms with van der Waals surface area (Å²) in [6.07, 6.45) is 7.17. The molecule has 2 fully saturated rings. The van der Waals surface area contributed by atoms with E-state index >= 15 is 0 Å². The fourth-order valence-corrected chi connectivity index (χ4v) is 4.40. The molecule has 1 aliphatic carbocycles. The molecule has 0 radical (unpaired) electrons. The third kappa shape index (κ3) is 3.88. The highest BCUT2D eigenvalue weighted by molar-refractivity contribution is 9.10. The van der Waals surface area contributed by atoms with Crippen molar-refractivity contribution < 1.29 is 0 Å². The van der Waals surface area contributed by atoms with Gasteiger partial charge in [0.15, 0.2) is 0 Å². The quantitative estimate of drug-likeness (QED) is 0.870. The van der Waals surface area contributed by atoms with Crippen LogP contribution in [0.4, 0.5) is 0 Å². The van der Waals surface area contributed by atoms with Crippen LogP contribution in [0.15, 0.2) is 28.7 Å². The van der Waals surface area contributed by atoms with Gasteiger partial charge in [0, 0.05) is 36.2 Å². The zero-order valence-electron chi connectivity index (χ0n) is 13.0. The van der Waals surface area contributed by atoms with Crippen molar-refractivity contribution >= 4 is 15.9 Å². The van der Waals surface area contributed by atoms with E-state index in [1.54, 1.807) is 0 Å². The van der Waals surface area contributed by atoms with Crippen molar-refractivity contribution in [3.05, 3.63) is 34.3 Å². The molecule has 2 atom stereocenters. The first kappa shape index (κ1) is 15.5. The number of benzene rings is 1. The molecule has 0 aromatic heterocycles. The molecule has 2 unspecified atom stereocenters. The Labute approximate surface area is 137 Å². The lowest BCUT2D eigenvalue weighted by Crippen LogP contribution is -2.54. The molecule has 116 valence electrons. The highest BCUT2D eigenvalue weighted by Crippen LogP contribution is 2.30. The van der Waals surface area contributed by atoms with Gasteiger partial charge in [-0.15, -0.1) is 0 Å². The minimum atomic E-state index is 0.510. The number of hydrogen-bond acceptors (Lipinski definition) is 2. The van der Waals surface area contributed by atoms with E-state index in [0.29, 0.717) is 12.1 Å². The van der Waals surface area contributed by atoms with E-state index in [2.05, 4.69) is 57.3 Å². The molecule has 1 aromatic carbocycles. The molecule has 1 N–H and O–H groups in total. The van der Waals surface area contributed by atoms with Gasteiger partial charge in [-0.3, -0.25) is 4.90 Å². The Hall–Kier alpha value is -0.380. The van der Waals surface area contributed by atoms with Gasteiger partial charge in [-0.1, -0.05) is 47.3 Å². The molecule has 0 bridgehead atoms. The zero-order valence-corrected chi connectivity index (χ0v) is 14.6. The predicted molar refractivity (Wildman–Crippen MR) is 92.5 cm³/mol. The van der Waals surface area contributed by atoms with Gasteiger partial charge >= 0.3 is 0 Å². The summed E-state index contributed by atoms with van der Waals surface area (Å²) in [5, 5.41) is 3.79. The van der Waals surface area contributed by atoms with Crippen LogP contribution in [0.2, 0.25) is 0 Å². The Morgan fingerprint density at radius 2 is 2.05 bits per heavy atom. The first-order valence-corrected chi connectivity index (χ1v) is 9.26. The minimum absolute atomic E-state index is 0.510. The Kier molecular flexibility index (Phi) is 5.36. The van der Waals surface area contributed by atoms with Crippen molar-refractivity contribution in [3.63, 3.8) is 0 Å². The molecule has 1 aliphatic heterocycles. The fraction of sp³-hybridized carbons (Fsp3) is 0.667. The van der Waals surface area contributed by atoms with Crippen LogP contribution in [-0.4, -0.2) is 30.6 Å². The second-order valence-corrected chi connectivity index (χ2v) is 7.60. The van der Waals surface area contributed by atoms with Crippen molar-refractivity contribution in [2.45, 2.75) is 51.1 Å². The second kappa shape index (κ2) is 7.26. The van der Waals surface area contributed by atoms with Crippen LogP contribution in [0.5, 0.6) is 0 Å². The van der Waals surface area contributed by atoms with Gasteiger partial charge in [0.1, 0.15) is 0 Å². The van der Waals surface area contributed by atoms with Gasteiger partial charge in [0.25, 0.3) is 0 Å². The maximum Gasteiger partial charge on any atom is 0.0321 e. The number of halogens is 1. The van der Waals surface area contributed by atoms with E-state index in [0.717, 1.165) is 19.0 Å². The molecule has 1 saturated carbocycles. The number of rotatable bonds is 3. The Morgan fingerprint density at radius 3 is 2.81 bits per heavy atom.